The van der Waals surface area contributed by atoms with Crippen molar-refractivity contribution in [1.29, 1.82) is 0 Å². The van der Waals surface area contributed by atoms with Crippen LogP contribution in [0.25, 0.3) is 0 Å². The van der Waals surface area contributed by atoms with Gasteiger partial charge < -0.3 is 9.08 Å². The summed E-state index contributed by atoms with van der Waals surface area (Å²) < 4.78 is 67.6. The van der Waals surface area contributed by atoms with Crippen molar-refractivity contribution in [1.82, 2.24) is 4.90 Å². The van der Waals surface area contributed by atoms with Gasteiger partial charge in [-0.1, -0.05) is 6.07 Å². The maximum absolute atomic E-state index is 12.7. The Morgan fingerprint density at radius 2 is 1.63 bits per heavy atom. The Morgan fingerprint density at radius 3 is 2.15 bits per heavy atom. The quantitative estimate of drug-likeness (QED) is 0.688. The molecule has 0 unspecified atom stereocenters. The first-order valence-electron chi connectivity index (χ1n) is 8.09. The van der Waals surface area contributed by atoms with Crippen LogP contribution in [0.1, 0.15) is 29.8 Å². The third-order valence-electron chi connectivity index (χ3n) is 3.81. The molecule has 0 atom stereocenters. The van der Waals surface area contributed by atoms with Gasteiger partial charge >= 0.3 is 16.3 Å². The molecule has 0 aliphatic rings. The predicted molar refractivity (Wildman–Crippen MR) is 93.0 cm³/mol. The van der Waals surface area contributed by atoms with Crippen LogP contribution in [0.3, 0.4) is 0 Å². The molecule has 27 heavy (non-hydrogen) atoms. The van der Waals surface area contributed by atoms with E-state index in [0.29, 0.717) is 24.7 Å². The molecule has 0 radical (unpaired) electrons. The number of carbonyl (C=O) groups is 1. The molecule has 2 aromatic rings. The number of halogens is 3. The molecule has 0 aliphatic heterocycles. The van der Waals surface area contributed by atoms with Crippen molar-refractivity contribution in [2.45, 2.75) is 24.9 Å². The van der Waals surface area contributed by atoms with E-state index >= 15 is 0 Å². The van der Waals surface area contributed by atoms with Crippen LogP contribution in [0.4, 0.5) is 13.2 Å². The summed E-state index contributed by atoms with van der Waals surface area (Å²) in [4.78, 5) is 13.5. The third kappa shape index (κ3) is 5.00. The molecule has 0 heterocycles. The molecule has 2 rings (SSSR count). The van der Waals surface area contributed by atoms with Crippen LogP contribution in [-0.2, 0) is 16.3 Å². The fourth-order valence-electron chi connectivity index (χ4n) is 2.36. The summed E-state index contributed by atoms with van der Waals surface area (Å²) in [5.74, 6) is -0.698. The van der Waals surface area contributed by atoms with Crippen molar-refractivity contribution in [3.8, 4) is 5.75 Å². The third-order valence-corrected chi connectivity index (χ3v) is 5.07. The molecule has 1 amide bonds. The molecule has 0 fully saturated rings. The zero-order valence-corrected chi connectivity index (χ0v) is 15.5. The maximum Gasteiger partial charge on any atom is 0.416 e. The molecule has 0 aromatic heterocycles. The van der Waals surface area contributed by atoms with E-state index in [1.54, 1.807) is 4.90 Å². The maximum atomic E-state index is 12.7. The molecule has 2 aromatic carbocycles. The Balaban J connectivity index is 2.24. The lowest BCUT2D eigenvalue weighted by molar-refractivity contribution is -0.137. The van der Waals surface area contributed by atoms with Gasteiger partial charge in [-0.2, -0.15) is 21.6 Å². The number of alkyl halides is 3. The SMILES string of the molecule is CCN(CC)C(=O)c1ccc(S(=O)(=O)Oc2cccc(C(F)(F)F)c2)cc1. The zero-order chi connectivity index (χ0) is 20.2. The standard InChI is InChI=1S/C18H18F3NO4S/c1-3-22(4-2)17(23)13-8-10-16(11-9-13)27(24,25)26-15-7-5-6-14(12-15)18(19,20)21/h5-12H,3-4H2,1-2H3. The van der Waals surface area contributed by atoms with E-state index in [1.807, 2.05) is 13.8 Å². The van der Waals surface area contributed by atoms with Crippen LogP contribution >= 0.6 is 0 Å². The van der Waals surface area contributed by atoms with Crippen LogP contribution in [0.5, 0.6) is 5.75 Å². The average Bonchev–Trinajstić information content (AvgIpc) is 2.62. The highest BCUT2D eigenvalue weighted by atomic mass is 32.2. The number of nitrogens with zero attached hydrogens (tertiary/aromatic N) is 1. The lowest BCUT2D eigenvalue weighted by Gasteiger charge is -2.18. The molecular weight excluding hydrogens is 383 g/mol. The predicted octanol–water partition coefficient (Wildman–Crippen LogP) is 3.96. The van der Waals surface area contributed by atoms with Gasteiger partial charge in [0.1, 0.15) is 10.6 Å². The van der Waals surface area contributed by atoms with Gasteiger partial charge in [-0.25, -0.2) is 0 Å². The fraction of sp³-hybridized carbons (Fsp3) is 0.278. The molecule has 5 nitrogen and oxygen atoms in total. The smallest absolute Gasteiger partial charge is 0.379 e. The minimum Gasteiger partial charge on any atom is -0.379 e. The Bertz CT molecular complexity index is 905. The number of amides is 1. The first-order valence-corrected chi connectivity index (χ1v) is 9.50. The second-order valence-corrected chi connectivity index (χ2v) is 7.11. The first kappa shape index (κ1) is 20.8. The summed E-state index contributed by atoms with van der Waals surface area (Å²) in [6, 6.07) is 8.62. The Hall–Kier alpha value is -2.55. The van der Waals surface area contributed by atoms with Crippen LogP contribution in [0, 0.1) is 0 Å². The monoisotopic (exact) mass is 401 g/mol. The zero-order valence-electron chi connectivity index (χ0n) is 14.7. The van der Waals surface area contributed by atoms with Crippen LogP contribution in [0.2, 0.25) is 0 Å². The Labute approximate surface area is 155 Å². The highest BCUT2D eigenvalue weighted by molar-refractivity contribution is 7.87. The Morgan fingerprint density at radius 1 is 1.04 bits per heavy atom. The largest absolute Gasteiger partial charge is 0.416 e. The topological polar surface area (TPSA) is 63.7 Å². The van der Waals surface area contributed by atoms with Crippen LogP contribution in [0.15, 0.2) is 53.4 Å². The van der Waals surface area contributed by atoms with Crippen LogP contribution in [-0.4, -0.2) is 32.3 Å². The van der Waals surface area contributed by atoms with E-state index < -0.39 is 27.6 Å². The molecule has 0 saturated heterocycles. The first-order chi connectivity index (χ1) is 12.6. The van der Waals surface area contributed by atoms with Gasteiger partial charge in [0.05, 0.1) is 5.56 Å². The number of hydrogen-bond acceptors (Lipinski definition) is 4. The summed E-state index contributed by atoms with van der Waals surface area (Å²) in [6.45, 7) is 4.66. The number of hydrogen-bond donors (Lipinski definition) is 0. The highest BCUT2D eigenvalue weighted by Crippen LogP contribution is 2.32. The van der Waals surface area contributed by atoms with E-state index in [4.69, 9.17) is 4.18 Å². The lowest BCUT2D eigenvalue weighted by Crippen LogP contribution is -2.30. The van der Waals surface area contributed by atoms with E-state index in [1.165, 1.54) is 24.3 Å². The highest BCUT2D eigenvalue weighted by Gasteiger charge is 2.31. The molecule has 0 aliphatic carbocycles. The minimum absolute atomic E-state index is 0.247. The van der Waals surface area contributed by atoms with Gasteiger partial charge in [0, 0.05) is 18.7 Å². The summed E-state index contributed by atoms with van der Waals surface area (Å²) >= 11 is 0. The van der Waals surface area contributed by atoms with Crippen LogP contribution < -0.4 is 4.18 Å². The van der Waals surface area contributed by atoms with Crippen molar-refractivity contribution < 1.29 is 30.6 Å². The number of benzene rings is 2. The summed E-state index contributed by atoms with van der Waals surface area (Å²) in [7, 11) is -4.34. The molecule has 146 valence electrons. The van der Waals surface area contributed by atoms with Crippen molar-refractivity contribution in [3.63, 3.8) is 0 Å². The normalized spacial score (nSPS) is 11.9. The molecule has 0 saturated carbocycles. The van der Waals surface area contributed by atoms with Crippen molar-refractivity contribution in [2.24, 2.45) is 0 Å². The minimum atomic E-state index is -4.62. The van der Waals surface area contributed by atoms with E-state index in [-0.39, 0.29) is 10.8 Å². The van der Waals surface area contributed by atoms with Gasteiger partial charge in [0.2, 0.25) is 0 Å². The second kappa shape index (κ2) is 7.99. The number of rotatable bonds is 6. The lowest BCUT2D eigenvalue weighted by atomic mass is 10.2. The number of carbonyl (C=O) groups excluding carboxylic acids is 1. The summed E-state index contributed by atoms with van der Waals surface area (Å²) in [6.07, 6.45) is -4.62. The second-order valence-electron chi connectivity index (χ2n) is 5.56. The van der Waals surface area contributed by atoms with Gasteiger partial charge in [0.25, 0.3) is 5.91 Å². The molecule has 9 heteroatoms. The molecular formula is C18H18F3NO4S. The average molecular weight is 401 g/mol. The van der Waals surface area contributed by atoms with Crippen molar-refractivity contribution >= 4 is 16.0 Å². The van der Waals surface area contributed by atoms with Gasteiger partial charge in [-0.3, -0.25) is 4.79 Å². The van der Waals surface area contributed by atoms with Crippen molar-refractivity contribution in [2.75, 3.05) is 13.1 Å². The summed E-state index contributed by atoms with van der Waals surface area (Å²) in [5.41, 5.74) is -0.716. The van der Waals surface area contributed by atoms with Gasteiger partial charge in [-0.15, -0.1) is 0 Å². The van der Waals surface area contributed by atoms with E-state index in [0.717, 1.165) is 18.2 Å². The summed E-state index contributed by atoms with van der Waals surface area (Å²) in [5, 5.41) is 0. The van der Waals surface area contributed by atoms with E-state index in [9.17, 15) is 26.4 Å². The molecule has 0 spiro atoms. The Kier molecular flexibility index (Phi) is 6.15. The van der Waals surface area contributed by atoms with E-state index in [2.05, 4.69) is 0 Å². The molecule has 0 N–H and O–H groups in total. The van der Waals surface area contributed by atoms with Gasteiger partial charge in [0.15, 0.2) is 0 Å². The fourth-order valence-corrected chi connectivity index (χ4v) is 3.28. The van der Waals surface area contributed by atoms with Gasteiger partial charge in [-0.05, 0) is 56.3 Å². The van der Waals surface area contributed by atoms with Crippen molar-refractivity contribution in [3.05, 3.63) is 59.7 Å². The molecule has 0 bridgehead atoms.